The molecule has 1 N–H and O–H groups in total. The first-order valence-electron chi connectivity index (χ1n) is 7.77. The van der Waals surface area contributed by atoms with Crippen molar-refractivity contribution < 1.29 is 19.4 Å². The van der Waals surface area contributed by atoms with E-state index in [1.54, 1.807) is 6.92 Å². The highest BCUT2D eigenvalue weighted by Crippen LogP contribution is 2.52. The first-order valence-corrected chi connectivity index (χ1v) is 7.77. The highest BCUT2D eigenvalue weighted by molar-refractivity contribution is 5.78. The Balaban J connectivity index is 2.52. The number of carbonyl (C=O) groups excluding carboxylic acids is 1. The minimum Gasteiger partial charge on any atom is -0.464 e. The SMILES string of the molecule is C=C(C)[C@H]1CC=C(C)[C@@]2(O)[C@@H]1[C@H](C(=C)C)O[C@@H]2C(=O)OCC. The Morgan fingerprint density at radius 2 is 2.09 bits per heavy atom. The number of aliphatic hydroxyl groups is 1. The molecule has 122 valence electrons. The molecule has 1 fully saturated rings. The maximum atomic E-state index is 12.3. The van der Waals surface area contributed by atoms with E-state index in [1.807, 2.05) is 26.8 Å². The van der Waals surface area contributed by atoms with Crippen LogP contribution in [0, 0.1) is 11.8 Å². The van der Waals surface area contributed by atoms with Gasteiger partial charge in [0.2, 0.25) is 0 Å². The van der Waals surface area contributed by atoms with Crippen molar-refractivity contribution in [1.82, 2.24) is 0 Å². The lowest BCUT2D eigenvalue weighted by Gasteiger charge is -2.42. The van der Waals surface area contributed by atoms with E-state index < -0.39 is 17.7 Å². The smallest absolute Gasteiger partial charge is 0.338 e. The number of carbonyl (C=O) groups is 1. The molecule has 4 nitrogen and oxygen atoms in total. The summed E-state index contributed by atoms with van der Waals surface area (Å²) < 4.78 is 11.0. The number of rotatable bonds is 4. The monoisotopic (exact) mass is 306 g/mol. The molecule has 0 radical (unpaired) electrons. The Kier molecular flexibility index (Phi) is 4.64. The summed E-state index contributed by atoms with van der Waals surface area (Å²) in [6.45, 7) is 15.7. The van der Waals surface area contributed by atoms with Crippen molar-refractivity contribution in [3.8, 4) is 0 Å². The standard InChI is InChI=1S/C18H26O4/c1-7-21-17(19)16-18(20)12(6)8-9-13(10(2)3)14(18)15(22-16)11(4)5/h8,13-16,20H,2,4,7,9H2,1,3,5-6H3/t13-,14+,15+,16-,18-/m1/s1. The molecule has 1 aliphatic carbocycles. The third kappa shape index (κ3) is 2.44. The minimum atomic E-state index is -1.36. The normalized spacial score (nSPS) is 37.2. The van der Waals surface area contributed by atoms with Crippen LogP contribution in [0.1, 0.15) is 34.1 Å². The molecule has 0 aromatic heterocycles. The van der Waals surface area contributed by atoms with E-state index in [9.17, 15) is 9.90 Å². The molecule has 4 heteroatoms. The fourth-order valence-corrected chi connectivity index (χ4v) is 3.73. The summed E-state index contributed by atoms with van der Waals surface area (Å²) in [5.41, 5.74) is 1.18. The molecule has 5 atom stereocenters. The maximum Gasteiger partial charge on any atom is 0.338 e. The molecule has 0 amide bonds. The Hall–Kier alpha value is -1.39. The van der Waals surface area contributed by atoms with E-state index in [-0.39, 0.29) is 24.5 Å². The van der Waals surface area contributed by atoms with Crippen molar-refractivity contribution in [1.29, 1.82) is 0 Å². The molecular formula is C18H26O4. The van der Waals surface area contributed by atoms with E-state index in [0.717, 1.165) is 23.1 Å². The lowest BCUT2D eigenvalue weighted by atomic mass is 9.64. The number of allylic oxidation sites excluding steroid dienone is 2. The minimum absolute atomic E-state index is 0.0508. The molecule has 22 heavy (non-hydrogen) atoms. The van der Waals surface area contributed by atoms with Gasteiger partial charge in [0.15, 0.2) is 6.10 Å². The Morgan fingerprint density at radius 3 is 2.59 bits per heavy atom. The zero-order valence-electron chi connectivity index (χ0n) is 13.9. The van der Waals surface area contributed by atoms with Gasteiger partial charge in [0, 0.05) is 5.92 Å². The molecule has 2 aliphatic rings. The zero-order valence-corrected chi connectivity index (χ0v) is 13.9. The topological polar surface area (TPSA) is 55.8 Å². The van der Waals surface area contributed by atoms with Crippen molar-refractivity contribution in [3.63, 3.8) is 0 Å². The van der Waals surface area contributed by atoms with Crippen LogP contribution in [0.5, 0.6) is 0 Å². The van der Waals surface area contributed by atoms with Crippen LogP contribution in [0.25, 0.3) is 0 Å². The summed E-state index contributed by atoms with van der Waals surface area (Å²) in [5, 5.41) is 11.4. The highest BCUT2D eigenvalue weighted by Gasteiger charge is 2.63. The summed E-state index contributed by atoms with van der Waals surface area (Å²) in [7, 11) is 0. The second-order valence-electron chi connectivity index (χ2n) is 6.46. The molecule has 1 heterocycles. The number of hydrogen-bond acceptors (Lipinski definition) is 4. The fraction of sp³-hybridized carbons (Fsp3) is 0.611. The summed E-state index contributed by atoms with van der Waals surface area (Å²) in [6.07, 6.45) is 1.37. The maximum absolute atomic E-state index is 12.3. The largest absolute Gasteiger partial charge is 0.464 e. The molecule has 0 bridgehead atoms. The Morgan fingerprint density at radius 1 is 1.45 bits per heavy atom. The van der Waals surface area contributed by atoms with Gasteiger partial charge in [0.05, 0.1) is 12.7 Å². The number of fused-ring (bicyclic) bond motifs is 1. The van der Waals surface area contributed by atoms with Gasteiger partial charge in [-0.3, -0.25) is 0 Å². The van der Waals surface area contributed by atoms with Crippen LogP contribution >= 0.6 is 0 Å². The molecule has 0 unspecified atom stereocenters. The van der Waals surface area contributed by atoms with Crippen LogP contribution < -0.4 is 0 Å². The average molecular weight is 306 g/mol. The predicted molar refractivity (Wildman–Crippen MR) is 85.2 cm³/mol. The first kappa shape index (κ1) is 17.0. The van der Waals surface area contributed by atoms with Gasteiger partial charge in [-0.15, -0.1) is 0 Å². The van der Waals surface area contributed by atoms with Crippen LogP contribution in [-0.4, -0.2) is 35.5 Å². The predicted octanol–water partition coefficient (Wildman–Crippen LogP) is 2.78. The lowest BCUT2D eigenvalue weighted by molar-refractivity contribution is -0.163. The zero-order chi connectivity index (χ0) is 16.7. The lowest BCUT2D eigenvalue weighted by Crippen LogP contribution is -2.53. The molecule has 0 saturated carbocycles. The van der Waals surface area contributed by atoms with E-state index in [1.165, 1.54) is 0 Å². The molecular weight excluding hydrogens is 280 g/mol. The third-order valence-corrected chi connectivity index (χ3v) is 4.88. The van der Waals surface area contributed by atoms with Crippen molar-refractivity contribution in [2.45, 2.75) is 51.9 Å². The molecule has 0 aromatic rings. The van der Waals surface area contributed by atoms with Gasteiger partial charge in [-0.1, -0.05) is 30.4 Å². The third-order valence-electron chi connectivity index (χ3n) is 4.88. The number of hydrogen-bond donors (Lipinski definition) is 1. The molecule has 2 rings (SSSR count). The summed E-state index contributed by atoms with van der Waals surface area (Å²) >= 11 is 0. The van der Waals surface area contributed by atoms with E-state index in [2.05, 4.69) is 13.2 Å². The van der Waals surface area contributed by atoms with Crippen molar-refractivity contribution in [2.75, 3.05) is 6.61 Å². The van der Waals surface area contributed by atoms with Crippen LogP contribution in [0.4, 0.5) is 0 Å². The van der Waals surface area contributed by atoms with Gasteiger partial charge in [-0.25, -0.2) is 4.79 Å². The van der Waals surface area contributed by atoms with Crippen LogP contribution in [0.3, 0.4) is 0 Å². The van der Waals surface area contributed by atoms with Crippen molar-refractivity contribution in [2.24, 2.45) is 11.8 Å². The van der Waals surface area contributed by atoms with Gasteiger partial charge >= 0.3 is 5.97 Å². The summed E-state index contributed by atoms with van der Waals surface area (Å²) in [6, 6.07) is 0. The van der Waals surface area contributed by atoms with Crippen molar-refractivity contribution >= 4 is 5.97 Å². The molecule has 0 spiro atoms. The highest BCUT2D eigenvalue weighted by atomic mass is 16.6. The molecule has 0 aromatic carbocycles. The first-order chi connectivity index (χ1) is 10.2. The van der Waals surface area contributed by atoms with Gasteiger partial charge in [-0.2, -0.15) is 0 Å². The summed E-state index contributed by atoms with van der Waals surface area (Å²) in [5.74, 6) is -0.731. The van der Waals surface area contributed by atoms with Gasteiger partial charge in [0.25, 0.3) is 0 Å². The number of esters is 1. The van der Waals surface area contributed by atoms with E-state index in [4.69, 9.17) is 9.47 Å². The van der Waals surface area contributed by atoms with E-state index >= 15 is 0 Å². The van der Waals surface area contributed by atoms with Gasteiger partial charge < -0.3 is 14.6 Å². The van der Waals surface area contributed by atoms with Crippen molar-refractivity contribution in [3.05, 3.63) is 36.0 Å². The molecule has 1 saturated heterocycles. The second-order valence-corrected chi connectivity index (χ2v) is 6.46. The Labute approximate surface area is 132 Å². The summed E-state index contributed by atoms with van der Waals surface area (Å²) in [4.78, 5) is 12.3. The van der Waals surface area contributed by atoms with E-state index in [0.29, 0.717) is 0 Å². The second kappa shape index (κ2) is 6.01. The van der Waals surface area contributed by atoms with Crippen LogP contribution in [-0.2, 0) is 14.3 Å². The quantitative estimate of drug-likeness (QED) is 0.641. The fourth-order valence-electron chi connectivity index (χ4n) is 3.73. The Bertz CT molecular complexity index is 533. The number of ether oxygens (including phenoxy) is 2. The molecule has 1 aliphatic heterocycles. The van der Waals surface area contributed by atoms with Gasteiger partial charge in [0.1, 0.15) is 5.60 Å². The van der Waals surface area contributed by atoms with Gasteiger partial charge in [-0.05, 0) is 45.6 Å². The van der Waals surface area contributed by atoms with Crippen LogP contribution in [0.2, 0.25) is 0 Å². The van der Waals surface area contributed by atoms with Crippen LogP contribution in [0.15, 0.2) is 36.0 Å². The average Bonchev–Trinajstić information content (AvgIpc) is 2.75.